The number of rotatable bonds is 3. The number of benzene rings is 7. The lowest BCUT2D eigenvalue weighted by Crippen LogP contribution is -1.99. The van der Waals surface area contributed by atoms with E-state index in [1.54, 1.807) is 11.3 Å². The van der Waals surface area contributed by atoms with E-state index < -0.39 is 0 Å². The molecule has 5 heteroatoms. The monoisotopic (exact) mass is 640 g/mol. The first-order valence-electron chi connectivity index (χ1n) is 16.1. The quantitative estimate of drug-likeness (QED) is 0.193. The Morgan fingerprint density at radius 1 is 0.429 bits per heavy atom. The molecule has 0 saturated heterocycles. The molecule has 3 heterocycles. The summed E-state index contributed by atoms with van der Waals surface area (Å²) in [7, 11) is 0. The maximum absolute atomic E-state index is 10.6. The topological polar surface area (TPSA) is 57.4 Å². The molecule has 10 aromatic rings. The molecule has 0 aliphatic heterocycles. The third-order valence-electron chi connectivity index (χ3n) is 9.80. The van der Waals surface area contributed by atoms with Gasteiger partial charge in [-0.25, -0.2) is 0 Å². The van der Waals surface area contributed by atoms with Crippen LogP contribution >= 0.6 is 11.3 Å². The summed E-state index contributed by atoms with van der Waals surface area (Å²) in [6.45, 7) is 0. The van der Waals surface area contributed by atoms with Crippen molar-refractivity contribution in [2.75, 3.05) is 0 Å². The molecule has 0 fully saturated rings. The van der Waals surface area contributed by atoms with Gasteiger partial charge in [0.05, 0.1) is 44.6 Å². The minimum atomic E-state index is 0.570. The van der Waals surface area contributed by atoms with Gasteiger partial charge in [0, 0.05) is 41.7 Å². The van der Waals surface area contributed by atoms with Crippen LogP contribution in [0.4, 0.5) is 0 Å². The van der Waals surface area contributed by atoms with Gasteiger partial charge in [0.15, 0.2) is 0 Å². The maximum atomic E-state index is 10.6. The van der Waals surface area contributed by atoms with E-state index in [2.05, 4.69) is 124 Å². The summed E-state index contributed by atoms with van der Waals surface area (Å²) >= 11 is 1.80. The van der Waals surface area contributed by atoms with Crippen LogP contribution in [-0.4, -0.2) is 9.13 Å². The molecule has 0 bridgehead atoms. The van der Waals surface area contributed by atoms with Crippen molar-refractivity contribution >= 4 is 75.1 Å². The molecule has 0 spiro atoms. The smallest absolute Gasteiger partial charge is 0.101 e. The molecular weight excluding hydrogens is 617 g/mol. The van der Waals surface area contributed by atoms with Gasteiger partial charge in [0.1, 0.15) is 12.1 Å². The van der Waals surface area contributed by atoms with Gasteiger partial charge in [-0.3, -0.25) is 0 Å². The first-order valence-corrected chi connectivity index (χ1v) is 17.0. The van der Waals surface area contributed by atoms with Crippen LogP contribution in [0.5, 0.6) is 0 Å². The van der Waals surface area contributed by atoms with Crippen molar-refractivity contribution < 1.29 is 0 Å². The normalized spacial score (nSPS) is 11.6. The molecule has 226 valence electrons. The second-order valence-corrected chi connectivity index (χ2v) is 13.4. The number of hydrogen-bond donors (Lipinski definition) is 0. The Morgan fingerprint density at radius 3 is 1.51 bits per heavy atom. The molecule has 0 saturated carbocycles. The van der Waals surface area contributed by atoms with Crippen LogP contribution in [0.3, 0.4) is 0 Å². The average molecular weight is 641 g/mol. The summed E-state index contributed by atoms with van der Waals surface area (Å²) in [4.78, 5) is 0. The SMILES string of the molecule is N#Cc1cc(-c2ccc(-n3c4ccccc4c4ccc5sc6ccccc6c5c43)c(C#N)c2)ccc1-n1c2ccccc2c2ccccc21. The zero-order chi connectivity index (χ0) is 32.6. The highest BCUT2D eigenvalue weighted by atomic mass is 32.1. The summed E-state index contributed by atoms with van der Waals surface area (Å²) < 4.78 is 6.91. The predicted octanol–water partition coefficient (Wildman–Crippen LogP) is 11.7. The minimum absolute atomic E-state index is 0.570. The summed E-state index contributed by atoms with van der Waals surface area (Å²) in [6.07, 6.45) is 0. The van der Waals surface area contributed by atoms with E-state index in [0.29, 0.717) is 11.1 Å². The molecule has 0 N–H and O–H groups in total. The van der Waals surface area contributed by atoms with Gasteiger partial charge >= 0.3 is 0 Å². The summed E-state index contributed by atoms with van der Waals surface area (Å²) in [5.74, 6) is 0. The van der Waals surface area contributed by atoms with E-state index in [1.807, 2.05) is 42.5 Å². The highest BCUT2D eigenvalue weighted by Gasteiger charge is 2.20. The van der Waals surface area contributed by atoms with E-state index in [4.69, 9.17) is 0 Å². The van der Waals surface area contributed by atoms with E-state index >= 15 is 0 Å². The molecule has 3 aromatic heterocycles. The second kappa shape index (κ2) is 10.4. The number of thiophene rings is 1. The van der Waals surface area contributed by atoms with Crippen LogP contribution in [0.2, 0.25) is 0 Å². The van der Waals surface area contributed by atoms with Crippen molar-refractivity contribution in [1.82, 2.24) is 9.13 Å². The molecule has 0 aliphatic carbocycles. The molecule has 0 radical (unpaired) electrons. The zero-order valence-electron chi connectivity index (χ0n) is 26.1. The van der Waals surface area contributed by atoms with E-state index in [-0.39, 0.29) is 0 Å². The molecule has 0 aliphatic rings. The van der Waals surface area contributed by atoms with Crippen LogP contribution < -0.4 is 0 Å². The molecular formula is C44H24N4S. The summed E-state index contributed by atoms with van der Waals surface area (Å²) in [5.41, 5.74) is 8.87. The van der Waals surface area contributed by atoms with Gasteiger partial charge in [-0.15, -0.1) is 11.3 Å². The van der Waals surface area contributed by atoms with Crippen molar-refractivity contribution in [2.45, 2.75) is 0 Å². The Morgan fingerprint density at radius 2 is 0.918 bits per heavy atom. The number of fused-ring (bicyclic) bond motifs is 10. The van der Waals surface area contributed by atoms with Crippen LogP contribution in [0.15, 0.2) is 146 Å². The van der Waals surface area contributed by atoms with Crippen molar-refractivity contribution in [3.05, 3.63) is 157 Å². The highest BCUT2D eigenvalue weighted by Crippen LogP contribution is 2.43. The molecule has 7 aromatic carbocycles. The molecule has 49 heavy (non-hydrogen) atoms. The molecule has 0 amide bonds. The number of nitriles is 2. The third-order valence-corrected chi connectivity index (χ3v) is 10.9. The maximum Gasteiger partial charge on any atom is 0.101 e. The first-order chi connectivity index (χ1) is 24.2. The second-order valence-electron chi connectivity index (χ2n) is 12.3. The van der Waals surface area contributed by atoms with Crippen molar-refractivity contribution in [2.24, 2.45) is 0 Å². The van der Waals surface area contributed by atoms with Crippen LogP contribution in [0, 0.1) is 22.7 Å². The summed E-state index contributed by atoms with van der Waals surface area (Å²) in [5, 5.41) is 28.1. The van der Waals surface area contributed by atoms with Crippen molar-refractivity contribution in [1.29, 1.82) is 10.5 Å². The Kier molecular flexibility index (Phi) is 5.84. The van der Waals surface area contributed by atoms with E-state index in [1.165, 1.54) is 25.6 Å². The first kappa shape index (κ1) is 27.5. The van der Waals surface area contributed by atoms with Gasteiger partial charge in [-0.2, -0.15) is 10.5 Å². The molecule has 0 unspecified atom stereocenters. The fourth-order valence-electron chi connectivity index (χ4n) is 7.70. The lowest BCUT2D eigenvalue weighted by atomic mass is 9.99. The lowest BCUT2D eigenvalue weighted by molar-refractivity contribution is 1.17. The van der Waals surface area contributed by atoms with Crippen LogP contribution in [-0.2, 0) is 0 Å². The number of hydrogen-bond acceptors (Lipinski definition) is 3. The van der Waals surface area contributed by atoms with Crippen molar-refractivity contribution in [3.63, 3.8) is 0 Å². The molecule has 4 nitrogen and oxygen atoms in total. The van der Waals surface area contributed by atoms with E-state index in [0.717, 1.165) is 60.7 Å². The minimum Gasteiger partial charge on any atom is -0.308 e. The molecule has 0 atom stereocenters. The summed E-state index contributed by atoms with van der Waals surface area (Å²) in [6, 6.07) is 55.1. The highest BCUT2D eigenvalue weighted by molar-refractivity contribution is 7.26. The predicted molar refractivity (Wildman–Crippen MR) is 203 cm³/mol. The third kappa shape index (κ3) is 3.88. The fourth-order valence-corrected chi connectivity index (χ4v) is 8.81. The van der Waals surface area contributed by atoms with Gasteiger partial charge in [0.2, 0.25) is 0 Å². The van der Waals surface area contributed by atoms with Crippen LogP contribution in [0.25, 0.3) is 86.3 Å². The number of para-hydroxylation sites is 3. The Labute approximate surface area is 285 Å². The molecule has 10 rings (SSSR count). The van der Waals surface area contributed by atoms with Crippen LogP contribution in [0.1, 0.15) is 11.1 Å². The van der Waals surface area contributed by atoms with Crippen molar-refractivity contribution in [3.8, 4) is 34.6 Å². The Hall–Kier alpha value is -6.66. The lowest BCUT2D eigenvalue weighted by Gasteiger charge is -2.14. The standard InChI is InChI=1S/C44H24N4S/c45-25-29-23-27(17-20-36(29)47-38-13-5-1-9-31(38)32-10-2-6-14-39(32)47)28-18-21-37(30(24-28)26-46)48-40-15-7-3-11-33(40)34-19-22-42-43(44(34)48)35-12-4-8-16-41(35)49-42/h1-24H. The van der Waals surface area contributed by atoms with E-state index in [9.17, 15) is 10.5 Å². The van der Waals surface area contributed by atoms with Gasteiger partial charge in [0.25, 0.3) is 0 Å². The number of aromatic nitrogens is 2. The average Bonchev–Trinajstić information content (AvgIpc) is 3.82. The zero-order valence-corrected chi connectivity index (χ0v) is 26.9. The van der Waals surface area contributed by atoms with Gasteiger partial charge in [-0.05, 0) is 65.7 Å². The Balaban J connectivity index is 1.17. The number of nitrogens with zero attached hydrogens (tertiary/aromatic N) is 4. The van der Waals surface area contributed by atoms with Gasteiger partial charge < -0.3 is 9.13 Å². The van der Waals surface area contributed by atoms with Gasteiger partial charge in [-0.1, -0.05) is 91.0 Å². The largest absolute Gasteiger partial charge is 0.308 e. The Bertz CT molecular complexity index is 3030. The fraction of sp³-hybridized carbons (Fsp3) is 0.